The van der Waals surface area contributed by atoms with Gasteiger partial charge in [-0.05, 0) is 23.3 Å². The molecule has 0 radical (unpaired) electrons. The highest BCUT2D eigenvalue weighted by Crippen LogP contribution is 2.27. The zero-order valence-corrected chi connectivity index (χ0v) is 9.72. The molecule has 0 saturated heterocycles. The van der Waals surface area contributed by atoms with Crippen LogP contribution in [-0.2, 0) is 0 Å². The first kappa shape index (κ1) is 10.2. The molecule has 2 heterocycles. The number of nitrogen functional groups attached to an aromatic ring is 1. The van der Waals surface area contributed by atoms with Crippen LogP contribution < -0.4 is 5.73 Å². The Morgan fingerprint density at radius 2 is 1.82 bits per heavy atom. The summed E-state index contributed by atoms with van der Waals surface area (Å²) in [5.74, 6) is 0.577. The lowest BCUT2D eigenvalue weighted by Crippen LogP contribution is -1.98. The van der Waals surface area contributed by atoms with Gasteiger partial charge in [0.2, 0.25) is 0 Å². The van der Waals surface area contributed by atoms with Crippen molar-refractivity contribution in [2.24, 2.45) is 0 Å². The number of fused-ring (bicyclic) bond motifs is 1. The Morgan fingerprint density at radius 1 is 1.06 bits per heavy atom. The van der Waals surface area contributed by atoms with Crippen LogP contribution in [0.1, 0.15) is 0 Å². The summed E-state index contributed by atoms with van der Waals surface area (Å²) in [4.78, 5) is 0. The second-order valence-electron chi connectivity index (χ2n) is 3.82. The maximum absolute atomic E-state index is 6.07. The molecule has 3 rings (SSSR count). The molecule has 2 aromatic heterocycles. The summed E-state index contributed by atoms with van der Waals surface area (Å²) >= 11 is 6.07. The number of anilines is 1. The summed E-state index contributed by atoms with van der Waals surface area (Å²) in [5, 5.41) is 4.72. The van der Waals surface area contributed by atoms with Gasteiger partial charge >= 0.3 is 0 Å². The van der Waals surface area contributed by atoms with E-state index in [1.807, 2.05) is 42.5 Å². The molecule has 0 aliphatic rings. The van der Waals surface area contributed by atoms with Crippen molar-refractivity contribution in [2.75, 3.05) is 5.73 Å². The number of hydrogen-bond donors (Lipinski definition) is 1. The standard InChI is InChI=1S/C13H10ClN3/c14-11-8-16-17-12(11)6-10(7-13(17)15)9-4-2-1-3-5-9/h1-8H,15H2. The van der Waals surface area contributed by atoms with Gasteiger partial charge in [0.05, 0.1) is 16.7 Å². The van der Waals surface area contributed by atoms with Crippen LogP contribution in [0.4, 0.5) is 5.82 Å². The summed E-state index contributed by atoms with van der Waals surface area (Å²) in [6.45, 7) is 0. The first-order chi connectivity index (χ1) is 8.25. The Balaban J connectivity index is 2.28. The zero-order valence-electron chi connectivity index (χ0n) is 8.97. The molecule has 1 aromatic carbocycles. The number of benzene rings is 1. The van der Waals surface area contributed by atoms with E-state index in [1.54, 1.807) is 10.7 Å². The predicted molar refractivity (Wildman–Crippen MR) is 70.1 cm³/mol. The van der Waals surface area contributed by atoms with Crippen LogP contribution in [0.15, 0.2) is 48.7 Å². The number of pyridine rings is 1. The van der Waals surface area contributed by atoms with Crippen LogP contribution in [-0.4, -0.2) is 9.61 Å². The molecule has 2 N–H and O–H groups in total. The molecular formula is C13H10ClN3. The average molecular weight is 244 g/mol. The first-order valence-corrected chi connectivity index (χ1v) is 5.62. The van der Waals surface area contributed by atoms with Gasteiger partial charge in [-0.3, -0.25) is 0 Å². The number of rotatable bonds is 1. The van der Waals surface area contributed by atoms with E-state index in [0.29, 0.717) is 10.8 Å². The molecule has 0 fully saturated rings. The second-order valence-corrected chi connectivity index (χ2v) is 4.23. The number of nitrogens with two attached hydrogens (primary N) is 1. The first-order valence-electron chi connectivity index (χ1n) is 5.24. The average Bonchev–Trinajstić information content (AvgIpc) is 2.73. The van der Waals surface area contributed by atoms with Gasteiger partial charge in [-0.25, -0.2) is 4.52 Å². The molecule has 0 unspecified atom stereocenters. The molecule has 0 amide bonds. The van der Waals surface area contributed by atoms with Crippen molar-refractivity contribution in [1.82, 2.24) is 9.61 Å². The quantitative estimate of drug-likeness (QED) is 0.713. The highest BCUT2D eigenvalue weighted by Gasteiger charge is 2.07. The fourth-order valence-electron chi connectivity index (χ4n) is 1.88. The number of aromatic nitrogens is 2. The van der Waals surface area contributed by atoms with Gasteiger partial charge in [-0.15, -0.1) is 0 Å². The number of hydrogen-bond acceptors (Lipinski definition) is 2. The molecule has 0 atom stereocenters. The minimum Gasteiger partial charge on any atom is -0.384 e. The molecule has 0 bridgehead atoms. The van der Waals surface area contributed by atoms with E-state index in [2.05, 4.69) is 5.10 Å². The van der Waals surface area contributed by atoms with E-state index in [0.717, 1.165) is 16.6 Å². The van der Waals surface area contributed by atoms with Gasteiger partial charge in [-0.2, -0.15) is 5.10 Å². The van der Waals surface area contributed by atoms with E-state index in [1.165, 1.54) is 0 Å². The molecule has 0 spiro atoms. The van der Waals surface area contributed by atoms with Gasteiger partial charge in [-0.1, -0.05) is 41.9 Å². The minimum atomic E-state index is 0.577. The van der Waals surface area contributed by atoms with Gasteiger partial charge in [0, 0.05) is 0 Å². The van der Waals surface area contributed by atoms with Crippen LogP contribution in [0.3, 0.4) is 0 Å². The molecule has 0 saturated carbocycles. The van der Waals surface area contributed by atoms with Crippen molar-refractivity contribution in [1.29, 1.82) is 0 Å². The van der Waals surface area contributed by atoms with Crippen molar-refractivity contribution < 1.29 is 0 Å². The zero-order chi connectivity index (χ0) is 11.8. The van der Waals surface area contributed by atoms with Crippen LogP contribution >= 0.6 is 11.6 Å². The van der Waals surface area contributed by atoms with E-state index in [9.17, 15) is 0 Å². The normalized spacial score (nSPS) is 10.9. The third kappa shape index (κ3) is 1.65. The van der Waals surface area contributed by atoms with Crippen molar-refractivity contribution in [3.05, 3.63) is 53.7 Å². The van der Waals surface area contributed by atoms with Crippen molar-refractivity contribution in [2.45, 2.75) is 0 Å². The van der Waals surface area contributed by atoms with Gasteiger partial charge in [0.15, 0.2) is 0 Å². The van der Waals surface area contributed by atoms with Crippen LogP contribution in [0.2, 0.25) is 5.02 Å². The fourth-order valence-corrected chi connectivity index (χ4v) is 2.06. The number of nitrogens with zero attached hydrogens (tertiary/aromatic N) is 2. The van der Waals surface area contributed by atoms with Gasteiger partial charge in [0.25, 0.3) is 0 Å². The topological polar surface area (TPSA) is 43.3 Å². The van der Waals surface area contributed by atoms with Gasteiger partial charge < -0.3 is 5.73 Å². The molecular weight excluding hydrogens is 234 g/mol. The van der Waals surface area contributed by atoms with Crippen LogP contribution in [0, 0.1) is 0 Å². The van der Waals surface area contributed by atoms with E-state index < -0.39 is 0 Å². The Hall–Kier alpha value is -2.00. The number of halogens is 1. The Morgan fingerprint density at radius 3 is 2.59 bits per heavy atom. The Kier molecular flexibility index (Phi) is 2.27. The second kappa shape index (κ2) is 3.79. The maximum Gasteiger partial charge on any atom is 0.126 e. The highest BCUT2D eigenvalue weighted by molar-refractivity contribution is 6.33. The van der Waals surface area contributed by atoms with Gasteiger partial charge in [0.1, 0.15) is 5.82 Å². The molecule has 4 heteroatoms. The Bertz CT molecular complexity index is 674. The molecule has 84 valence electrons. The Labute approximate surface area is 103 Å². The molecule has 0 aliphatic carbocycles. The van der Waals surface area contributed by atoms with Crippen molar-refractivity contribution in [3.8, 4) is 11.1 Å². The van der Waals surface area contributed by atoms with Crippen molar-refractivity contribution >= 4 is 22.9 Å². The van der Waals surface area contributed by atoms with E-state index in [-0.39, 0.29) is 0 Å². The summed E-state index contributed by atoms with van der Waals surface area (Å²) < 4.78 is 1.63. The molecule has 3 aromatic rings. The highest BCUT2D eigenvalue weighted by atomic mass is 35.5. The summed E-state index contributed by atoms with van der Waals surface area (Å²) in [7, 11) is 0. The lowest BCUT2D eigenvalue weighted by Gasteiger charge is -2.05. The predicted octanol–water partition coefficient (Wildman–Crippen LogP) is 3.24. The van der Waals surface area contributed by atoms with Crippen molar-refractivity contribution in [3.63, 3.8) is 0 Å². The third-order valence-electron chi connectivity index (χ3n) is 2.71. The minimum absolute atomic E-state index is 0.577. The van der Waals surface area contributed by atoms with E-state index in [4.69, 9.17) is 17.3 Å². The summed E-state index contributed by atoms with van der Waals surface area (Å²) in [5.41, 5.74) is 8.92. The summed E-state index contributed by atoms with van der Waals surface area (Å²) in [6, 6.07) is 13.9. The van der Waals surface area contributed by atoms with Crippen LogP contribution in [0.25, 0.3) is 16.6 Å². The molecule has 3 nitrogen and oxygen atoms in total. The lowest BCUT2D eigenvalue weighted by molar-refractivity contribution is 0.974. The van der Waals surface area contributed by atoms with Crippen LogP contribution in [0.5, 0.6) is 0 Å². The fraction of sp³-hybridized carbons (Fsp3) is 0. The smallest absolute Gasteiger partial charge is 0.126 e. The summed E-state index contributed by atoms with van der Waals surface area (Å²) in [6.07, 6.45) is 1.60. The monoisotopic (exact) mass is 243 g/mol. The SMILES string of the molecule is Nc1cc(-c2ccccc2)cc2c(Cl)cnn12. The van der Waals surface area contributed by atoms with E-state index >= 15 is 0 Å². The molecule has 17 heavy (non-hydrogen) atoms. The third-order valence-corrected chi connectivity index (χ3v) is 3.00. The lowest BCUT2D eigenvalue weighted by atomic mass is 10.1. The largest absolute Gasteiger partial charge is 0.384 e. The molecule has 0 aliphatic heterocycles. The maximum atomic E-state index is 6.07.